The van der Waals surface area contributed by atoms with Gasteiger partial charge in [0.2, 0.25) is 0 Å². The molecule has 0 N–H and O–H groups in total. The lowest BCUT2D eigenvalue weighted by atomic mass is 10.0. The monoisotopic (exact) mass is 315 g/mol. The van der Waals surface area contributed by atoms with Crippen molar-refractivity contribution >= 4 is 17.5 Å². The minimum atomic E-state index is -0.327. The standard InChI is InChI=1S/C18H18FNOS/c19-17-7-5-16(6-8-17)18(21)15-3-1-14(2-4-15)13-20-9-11-22-12-10-20/h1-8H,9-13H2. The Labute approximate surface area is 134 Å². The summed E-state index contributed by atoms with van der Waals surface area (Å²) in [5.41, 5.74) is 2.38. The number of benzene rings is 2. The van der Waals surface area contributed by atoms with Gasteiger partial charge in [0.05, 0.1) is 0 Å². The molecule has 1 saturated heterocycles. The van der Waals surface area contributed by atoms with Crippen LogP contribution in [0.15, 0.2) is 48.5 Å². The predicted molar refractivity (Wildman–Crippen MR) is 88.9 cm³/mol. The van der Waals surface area contributed by atoms with E-state index in [0.29, 0.717) is 11.1 Å². The third-order valence-electron chi connectivity index (χ3n) is 3.83. The molecule has 1 aliphatic rings. The van der Waals surface area contributed by atoms with E-state index < -0.39 is 0 Å². The Kier molecular flexibility index (Phi) is 4.90. The van der Waals surface area contributed by atoms with Gasteiger partial charge in [-0.05, 0) is 29.8 Å². The summed E-state index contributed by atoms with van der Waals surface area (Å²) in [4.78, 5) is 14.8. The molecule has 2 nitrogen and oxygen atoms in total. The van der Waals surface area contributed by atoms with E-state index in [0.717, 1.165) is 19.6 Å². The predicted octanol–water partition coefficient (Wildman–Crippen LogP) is 3.61. The largest absolute Gasteiger partial charge is 0.297 e. The average molecular weight is 315 g/mol. The SMILES string of the molecule is O=C(c1ccc(F)cc1)c1ccc(CN2CCSCC2)cc1. The molecule has 0 unspecified atom stereocenters. The molecule has 4 heteroatoms. The molecule has 2 aromatic carbocycles. The second kappa shape index (κ2) is 7.07. The molecule has 1 aliphatic heterocycles. The second-order valence-corrected chi connectivity index (χ2v) is 6.65. The van der Waals surface area contributed by atoms with E-state index in [-0.39, 0.29) is 11.6 Å². The highest BCUT2D eigenvalue weighted by Crippen LogP contribution is 2.15. The Bertz CT molecular complexity index is 633. The van der Waals surface area contributed by atoms with E-state index in [1.807, 2.05) is 36.0 Å². The van der Waals surface area contributed by atoms with Crippen molar-refractivity contribution in [1.82, 2.24) is 4.90 Å². The smallest absolute Gasteiger partial charge is 0.193 e. The molecule has 1 fully saturated rings. The van der Waals surface area contributed by atoms with Crippen LogP contribution in [0.1, 0.15) is 21.5 Å². The molecule has 0 bridgehead atoms. The van der Waals surface area contributed by atoms with E-state index in [2.05, 4.69) is 4.90 Å². The number of carbonyl (C=O) groups excluding carboxylic acids is 1. The first kappa shape index (κ1) is 15.3. The lowest BCUT2D eigenvalue weighted by Crippen LogP contribution is -2.31. The lowest BCUT2D eigenvalue weighted by Gasteiger charge is -2.26. The molecule has 0 radical (unpaired) electrons. The van der Waals surface area contributed by atoms with E-state index in [9.17, 15) is 9.18 Å². The lowest BCUT2D eigenvalue weighted by molar-refractivity contribution is 0.103. The summed E-state index contributed by atoms with van der Waals surface area (Å²) < 4.78 is 12.9. The fraction of sp³-hybridized carbons (Fsp3) is 0.278. The molecule has 2 aromatic rings. The molecule has 0 aromatic heterocycles. The van der Waals surface area contributed by atoms with Gasteiger partial charge < -0.3 is 0 Å². The highest BCUT2D eigenvalue weighted by atomic mass is 32.2. The second-order valence-electron chi connectivity index (χ2n) is 5.42. The zero-order valence-corrected chi connectivity index (χ0v) is 13.1. The van der Waals surface area contributed by atoms with Crippen molar-refractivity contribution in [3.05, 3.63) is 71.0 Å². The Hall–Kier alpha value is -1.65. The minimum absolute atomic E-state index is 0.0686. The van der Waals surface area contributed by atoms with Gasteiger partial charge in [-0.3, -0.25) is 9.69 Å². The third kappa shape index (κ3) is 3.76. The number of halogens is 1. The van der Waals surface area contributed by atoms with Gasteiger partial charge in [-0.15, -0.1) is 0 Å². The number of nitrogens with zero attached hydrogens (tertiary/aromatic N) is 1. The van der Waals surface area contributed by atoms with Gasteiger partial charge in [-0.25, -0.2) is 4.39 Å². The summed E-state index contributed by atoms with van der Waals surface area (Å²) in [6, 6.07) is 13.4. The van der Waals surface area contributed by atoms with Crippen molar-refractivity contribution in [3.8, 4) is 0 Å². The van der Waals surface area contributed by atoms with Crippen LogP contribution in [-0.2, 0) is 6.54 Å². The van der Waals surface area contributed by atoms with Crippen LogP contribution >= 0.6 is 11.8 Å². The summed E-state index contributed by atoms with van der Waals surface area (Å²) >= 11 is 2.00. The van der Waals surface area contributed by atoms with Gasteiger partial charge in [0.1, 0.15) is 5.82 Å². The number of rotatable bonds is 4. The number of hydrogen-bond donors (Lipinski definition) is 0. The van der Waals surface area contributed by atoms with E-state index in [4.69, 9.17) is 0 Å². The van der Waals surface area contributed by atoms with Crippen LogP contribution in [0.5, 0.6) is 0 Å². The minimum Gasteiger partial charge on any atom is -0.297 e. The van der Waals surface area contributed by atoms with Crippen LogP contribution in [0, 0.1) is 5.82 Å². The van der Waals surface area contributed by atoms with Gasteiger partial charge in [0.15, 0.2) is 5.78 Å². The molecule has 22 heavy (non-hydrogen) atoms. The summed E-state index contributed by atoms with van der Waals surface area (Å²) in [5.74, 6) is 2.00. The van der Waals surface area contributed by atoms with Gasteiger partial charge >= 0.3 is 0 Å². The Morgan fingerprint density at radius 2 is 1.50 bits per heavy atom. The first-order chi connectivity index (χ1) is 10.7. The molecule has 0 spiro atoms. The maximum Gasteiger partial charge on any atom is 0.193 e. The molecule has 114 valence electrons. The van der Waals surface area contributed by atoms with E-state index >= 15 is 0 Å². The van der Waals surface area contributed by atoms with Crippen LogP contribution in [0.4, 0.5) is 4.39 Å². The normalized spacial score (nSPS) is 15.7. The van der Waals surface area contributed by atoms with Crippen LogP contribution in [-0.4, -0.2) is 35.3 Å². The van der Waals surface area contributed by atoms with Gasteiger partial charge in [0.25, 0.3) is 0 Å². The molecule has 1 heterocycles. The zero-order chi connectivity index (χ0) is 15.4. The van der Waals surface area contributed by atoms with Gasteiger partial charge in [0, 0.05) is 42.3 Å². The molecule has 0 saturated carbocycles. The van der Waals surface area contributed by atoms with Crippen molar-refractivity contribution in [1.29, 1.82) is 0 Å². The maximum atomic E-state index is 12.9. The summed E-state index contributed by atoms with van der Waals surface area (Å²) in [6.07, 6.45) is 0. The maximum absolute atomic E-state index is 12.9. The zero-order valence-electron chi connectivity index (χ0n) is 12.3. The molecule has 0 atom stereocenters. The third-order valence-corrected chi connectivity index (χ3v) is 4.77. The summed E-state index contributed by atoms with van der Waals surface area (Å²) in [7, 11) is 0. The van der Waals surface area contributed by atoms with Gasteiger partial charge in [-0.1, -0.05) is 24.3 Å². The van der Waals surface area contributed by atoms with Crippen molar-refractivity contribution in [2.24, 2.45) is 0 Å². The Balaban J connectivity index is 1.68. The van der Waals surface area contributed by atoms with Crippen molar-refractivity contribution < 1.29 is 9.18 Å². The summed E-state index contributed by atoms with van der Waals surface area (Å²) in [5, 5.41) is 0. The Morgan fingerprint density at radius 3 is 2.09 bits per heavy atom. The van der Waals surface area contributed by atoms with Crippen molar-refractivity contribution in [2.75, 3.05) is 24.6 Å². The average Bonchev–Trinajstić information content (AvgIpc) is 2.57. The quantitative estimate of drug-likeness (QED) is 0.804. The number of ketones is 1. The fourth-order valence-corrected chi connectivity index (χ4v) is 3.53. The summed E-state index contributed by atoms with van der Waals surface area (Å²) in [6.45, 7) is 3.19. The number of hydrogen-bond acceptors (Lipinski definition) is 3. The Morgan fingerprint density at radius 1 is 0.955 bits per heavy atom. The topological polar surface area (TPSA) is 20.3 Å². The van der Waals surface area contributed by atoms with Crippen LogP contribution in [0.25, 0.3) is 0 Å². The molecular weight excluding hydrogens is 297 g/mol. The highest BCUT2D eigenvalue weighted by molar-refractivity contribution is 7.99. The van der Waals surface area contributed by atoms with E-state index in [1.165, 1.54) is 41.3 Å². The number of thioether (sulfide) groups is 1. The fourth-order valence-electron chi connectivity index (χ4n) is 2.55. The van der Waals surface area contributed by atoms with Crippen molar-refractivity contribution in [3.63, 3.8) is 0 Å². The van der Waals surface area contributed by atoms with Crippen LogP contribution in [0.2, 0.25) is 0 Å². The van der Waals surface area contributed by atoms with Gasteiger partial charge in [-0.2, -0.15) is 11.8 Å². The first-order valence-corrected chi connectivity index (χ1v) is 8.57. The van der Waals surface area contributed by atoms with Crippen LogP contribution in [0.3, 0.4) is 0 Å². The molecular formula is C18H18FNOS. The molecule has 0 amide bonds. The van der Waals surface area contributed by atoms with Crippen LogP contribution < -0.4 is 0 Å². The molecule has 0 aliphatic carbocycles. The molecule has 3 rings (SSSR count). The van der Waals surface area contributed by atoms with Crippen molar-refractivity contribution in [2.45, 2.75) is 6.54 Å². The van der Waals surface area contributed by atoms with E-state index in [1.54, 1.807) is 0 Å². The number of carbonyl (C=O) groups is 1. The first-order valence-electron chi connectivity index (χ1n) is 7.42. The highest BCUT2D eigenvalue weighted by Gasteiger charge is 2.12.